The van der Waals surface area contributed by atoms with Crippen molar-refractivity contribution in [2.24, 2.45) is 0 Å². The molecular formula is C11H24O3. The molecule has 0 rings (SSSR count). The molecule has 14 heavy (non-hydrogen) atoms. The van der Waals surface area contributed by atoms with E-state index >= 15 is 0 Å². The van der Waals surface area contributed by atoms with Crippen LogP contribution in [0, 0.1) is 0 Å². The van der Waals surface area contributed by atoms with Gasteiger partial charge in [0.15, 0.2) is 0 Å². The van der Waals surface area contributed by atoms with Crippen molar-refractivity contribution >= 4 is 0 Å². The van der Waals surface area contributed by atoms with E-state index in [1.807, 2.05) is 20.8 Å². The van der Waals surface area contributed by atoms with E-state index in [2.05, 4.69) is 0 Å². The first-order valence-corrected chi connectivity index (χ1v) is 5.41. The summed E-state index contributed by atoms with van der Waals surface area (Å²) in [5.41, 5.74) is -0.400. The number of aliphatic hydroxyl groups excluding tert-OH is 1. The maximum Gasteiger partial charge on any atom is 0.0909 e. The molecule has 0 aromatic rings. The van der Waals surface area contributed by atoms with Gasteiger partial charge in [-0.15, -0.1) is 0 Å². The molecule has 2 atom stereocenters. The second-order valence-corrected chi connectivity index (χ2v) is 3.75. The third-order valence-corrected chi connectivity index (χ3v) is 2.71. The highest BCUT2D eigenvalue weighted by atomic mass is 16.5. The summed E-state index contributed by atoms with van der Waals surface area (Å²) in [5, 5.41) is 9.95. The second-order valence-electron chi connectivity index (χ2n) is 3.75. The van der Waals surface area contributed by atoms with Crippen molar-refractivity contribution in [3.63, 3.8) is 0 Å². The van der Waals surface area contributed by atoms with Gasteiger partial charge in [0, 0.05) is 20.3 Å². The lowest BCUT2D eigenvalue weighted by molar-refractivity contribution is -0.114. The van der Waals surface area contributed by atoms with Gasteiger partial charge in [-0.05, 0) is 33.1 Å². The first-order valence-electron chi connectivity index (χ1n) is 5.41. The largest absolute Gasteiger partial charge is 0.390 e. The van der Waals surface area contributed by atoms with Crippen LogP contribution in [0.15, 0.2) is 0 Å². The van der Waals surface area contributed by atoms with Crippen LogP contribution in [-0.4, -0.2) is 37.1 Å². The monoisotopic (exact) mass is 204 g/mol. The average Bonchev–Trinajstić information content (AvgIpc) is 2.18. The molecule has 0 spiro atoms. The molecule has 2 unspecified atom stereocenters. The second kappa shape index (κ2) is 7.21. The molecule has 0 fully saturated rings. The molecule has 0 bridgehead atoms. The Morgan fingerprint density at radius 2 is 2.00 bits per heavy atom. The quantitative estimate of drug-likeness (QED) is 0.614. The zero-order valence-corrected chi connectivity index (χ0v) is 9.88. The van der Waals surface area contributed by atoms with Crippen LogP contribution in [0.3, 0.4) is 0 Å². The van der Waals surface area contributed by atoms with E-state index in [1.54, 1.807) is 7.11 Å². The van der Waals surface area contributed by atoms with E-state index in [1.165, 1.54) is 0 Å². The zero-order chi connectivity index (χ0) is 11.0. The molecule has 0 saturated carbocycles. The predicted molar refractivity (Wildman–Crippen MR) is 57.4 cm³/mol. The van der Waals surface area contributed by atoms with Crippen LogP contribution in [-0.2, 0) is 9.47 Å². The van der Waals surface area contributed by atoms with Gasteiger partial charge in [-0.1, -0.05) is 6.92 Å². The maximum atomic E-state index is 9.95. The van der Waals surface area contributed by atoms with Gasteiger partial charge >= 0.3 is 0 Å². The smallest absolute Gasteiger partial charge is 0.0909 e. The normalized spacial score (nSPS) is 17.8. The molecule has 0 aliphatic heterocycles. The molecule has 1 N–H and O–H groups in total. The summed E-state index contributed by atoms with van der Waals surface area (Å²) in [6.45, 7) is 7.30. The van der Waals surface area contributed by atoms with Crippen LogP contribution in [0.5, 0.6) is 0 Å². The Labute approximate surface area is 87.4 Å². The number of ether oxygens (including phenoxy) is 2. The highest BCUT2D eigenvalue weighted by Crippen LogP contribution is 2.23. The van der Waals surface area contributed by atoms with E-state index in [-0.39, 0.29) is 0 Å². The van der Waals surface area contributed by atoms with Gasteiger partial charge in [0.25, 0.3) is 0 Å². The lowest BCUT2D eigenvalue weighted by Crippen LogP contribution is -2.41. The van der Waals surface area contributed by atoms with Gasteiger partial charge in [0.2, 0.25) is 0 Å². The number of aliphatic hydroxyl groups is 1. The van der Waals surface area contributed by atoms with Crippen molar-refractivity contribution < 1.29 is 14.6 Å². The molecule has 0 aromatic heterocycles. The van der Waals surface area contributed by atoms with Crippen molar-refractivity contribution in [2.75, 3.05) is 20.3 Å². The summed E-state index contributed by atoms with van der Waals surface area (Å²) in [5.74, 6) is 0. The Morgan fingerprint density at radius 1 is 1.36 bits per heavy atom. The molecular weight excluding hydrogens is 180 g/mol. The van der Waals surface area contributed by atoms with Gasteiger partial charge in [0.05, 0.1) is 11.7 Å². The first kappa shape index (κ1) is 13.9. The SMILES string of the molecule is CCOC(C)(CC)C(O)CCCOC. The summed E-state index contributed by atoms with van der Waals surface area (Å²) >= 11 is 0. The standard InChI is InChI=1S/C11H24O3/c1-5-11(3,14-6-2)10(12)8-7-9-13-4/h10,12H,5-9H2,1-4H3. The lowest BCUT2D eigenvalue weighted by Gasteiger charge is -2.33. The summed E-state index contributed by atoms with van der Waals surface area (Å²) in [7, 11) is 1.67. The van der Waals surface area contributed by atoms with E-state index in [9.17, 15) is 5.11 Å². The maximum absolute atomic E-state index is 9.95. The summed E-state index contributed by atoms with van der Waals surface area (Å²) < 4.78 is 10.5. The van der Waals surface area contributed by atoms with Crippen molar-refractivity contribution in [2.45, 2.75) is 51.7 Å². The fourth-order valence-corrected chi connectivity index (χ4v) is 1.49. The van der Waals surface area contributed by atoms with Crippen LogP contribution in [0.4, 0.5) is 0 Å². The van der Waals surface area contributed by atoms with Gasteiger partial charge < -0.3 is 14.6 Å². The van der Waals surface area contributed by atoms with Crippen LogP contribution < -0.4 is 0 Å². The van der Waals surface area contributed by atoms with Crippen molar-refractivity contribution in [3.8, 4) is 0 Å². The zero-order valence-electron chi connectivity index (χ0n) is 9.88. The Morgan fingerprint density at radius 3 is 2.43 bits per heavy atom. The highest BCUT2D eigenvalue weighted by molar-refractivity contribution is 4.82. The van der Waals surface area contributed by atoms with Crippen molar-refractivity contribution in [3.05, 3.63) is 0 Å². The predicted octanol–water partition coefficient (Wildman–Crippen LogP) is 1.98. The fourth-order valence-electron chi connectivity index (χ4n) is 1.49. The molecule has 0 saturated heterocycles. The van der Waals surface area contributed by atoms with Gasteiger partial charge in [0.1, 0.15) is 0 Å². The fraction of sp³-hybridized carbons (Fsp3) is 1.00. The third-order valence-electron chi connectivity index (χ3n) is 2.71. The van der Waals surface area contributed by atoms with E-state index < -0.39 is 11.7 Å². The molecule has 0 heterocycles. The number of rotatable bonds is 8. The lowest BCUT2D eigenvalue weighted by atomic mass is 9.92. The van der Waals surface area contributed by atoms with Crippen molar-refractivity contribution in [1.82, 2.24) is 0 Å². The van der Waals surface area contributed by atoms with Crippen LogP contribution in [0.25, 0.3) is 0 Å². The Hall–Kier alpha value is -0.120. The number of hydrogen-bond donors (Lipinski definition) is 1. The molecule has 0 aromatic carbocycles. The van der Waals surface area contributed by atoms with Gasteiger partial charge in [-0.2, -0.15) is 0 Å². The van der Waals surface area contributed by atoms with Crippen LogP contribution in [0.2, 0.25) is 0 Å². The number of methoxy groups -OCH3 is 1. The molecule has 0 aliphatic rings. The molecule has 0 radical (unpaired) electrons. The topological polar surface area (TPSA) is 38.7 Å². The summed E-state index contributed by atoms with van der Waals surface area (Å²) in [6, 6.07) is 0. The van der Waals surface area contributed by atoms with Gasteiger partial charge in [-0.3, -0.25) is 0 Å². The van der Waals surface area contributed by atoms with E-state index in [0.717, 1.165) is 19.3 Å². The van der Waals surface area contributed by atoms with Crippen LogP contribution >= 0.6 is 0 Å². The first-order chi connectivity index (χ1) is 6.60. The summed E-state index contributed by atoms with van der Waals surface area (Å²) in [4.78, 5) is 0. The van der Waals surface area contributed by atoms with Gasteiger partial charge in [-0.25, -0.2) is 0 Å². The minimum atomic E-state index is -0.400. The minimum absolute atomic E-state index is 0.400. The van der Waals surface area contributed by atoms with E-state index in [0.29, 0.717) is 13.2 Å². The molecule has 86 valence electrons. The average molecular weight is 204 g/mol. The molecule has 3 nitrogen and oxygen atoms in total. The third kappa shape index (κ3) is 4.40. The molecule has 3 heteroatoms. The minimum Gasteiger partial charge on any atom is -0.390 e. The number of hydrogen-bond acceptors (Lipinski definition) is 3. The molecule has 0 aliphatic carbocycles. The Balaban J connectivity index is 3.95. The van der Waals surface area contributed by atoms with E-state index in [4.69, 9.17) is 9.47 Å². The summed E-state index contributed by atoms with van der Waals surface area (Å²) in [6.07, 6.45) is 2.04. The van der Waals surface area contributed by atoms with Crippen LogP contribution in [0.1, 0.15) is 40.0 Å². The van der Waals surface area contributed by atoms with Crippen molar-refractivity contribution in [1.29, 1.82) is 0 Å². The highest BCUT2D eigenvalue weighted by Gasteiger charge is 2.31. The molecule has 0 amide bonds. The Bertz CT molecular complexity index is 138. The Kier molecular flexibility index (Phi) is 7.15.